The molecule has 1 aliphatic rings. The summed E-state index contributed by atoms with van der Waals surface area (Å²) in [6.07, 6.45) is -2.07. The summed E-state index contributed by atoms with van der Waals surface area (Å²) < 4.78 is 40.4. The van der Waals surface area contributed by atoms with Crippen LogP contribution in [0.5, 0.6) is 0 Å². The maximum atomic E-state index is 12.9. The van der Waals surface area contributed by atoms with Crippen LogP contribution in [0.1, 0.15) is 12.8 Å². The van der Waals surface area contributed by atoms with Gasteiger partial charge in [0.2, 0.25) is 0 Å². The highest BCUT2D eigenvalue weighted by Gasteiger charge is 2.41. The third-order valence-corrected chi connectivity index (χ3v) is 5.74. The average Bonchev–Trinajstić information content (AvgIpc) is 3.16. The first-order chi connectivity index (χ1) is 15.3. The number of rotatable bonds is 6. The summed E-state index contributed by atoms with van der Waals surface area (Å²) in [5, 5.41) is 11.2. The second-order valence-electron chi connectivity index (χ2n) is 7.91. The number of nitrogens with zero attached hydrogens (tertiary/aromatic N) is 3. The Hall–Kier alpha value is -3.43. The van der Waals surface area contributed by atoms with Crippen molar-refractivity contribution in [2.24, 2.45) is 11.7 Å². The molecule has 1 saturated heterocycles. The number of piperidine rings is 1. The number of aromatic nitrogens is 2. The first-order valence-corrected chi connectivity index (χ1v) is 10.5. The van der Waals surface area contributed by atoms with Crippen LogP contribution in [0, 0.1) is 5.92 Å². The SMILES string of the molecule is NC(=O)NCCn1ncc2cc(Nc3ccc(N4CCC(C(F)(F)F)CC4)cc3)ccc21. The average molecular weight is 446 g/mol. The lowest BCUT2D eigenvalue weighted by atomic mass is 9.96. The van der Waals surface area contributed by atoms with Crippen molar-refractivity contribution < 1.29 is 18.0 Å². The molecule has 10 heteroatoms. The van der Waals surface area contributed by atoms with Gasteiger partial charge in [-0.3, -0.25) is 4.68 Å². The minimum Gasteiger partial charge on any atom is -0.372 e. The molecule has 2 heterocycles. The van der Waals surface area contributed by atoms with Gasteiger partial charge in [-0.15, -0.1) is 0 Å². The van der Waals surface area contributed by atoms with Gasteiger partial charge in [-0.05, 0) is 55.3 Å². The van der Waals surface area contributed by atoms with E-state index in [-0.39, 0.29) is 12.8 Å². The van der Waals surface area contributed by atoms with Crippen molar-refractivity contribution in [3.05, 3.63) is 48.7 Å². The third kappa shape index (κ3) is 5.06. The van der Waals surface area contributed by atoms with Crippen LogP contribution in [-0.2, 0) is 6.54 Å². The molecule has 0 bridgehead atoms. The standard InChI is InChI=1S/C22H25F3N6O/c23-22(24,25)16-7-10-30(11-8-16)19-4-1-17(2-5-19)29-18-3-6-20-15(13-18)14-28-31(20)12-9-27-21(26)32/h1-6,13-14,16,29H,7-12H2,(H3,26,27,32). The lowest BCUT2D eigenvalue weighted by molar-refractivity contribution is -0.179. The Morgan fingerprint density at radius 2 is 1.78 bits per heavy atom. The number of primary amides is 1. The maximum absolute atomic E-state index is 12.9. The quantitative estimate of drug-likeness (QED) is 0.529. The highest BCUT2D eigenvalue weighted by molar-refractivity contribution is 5.83. The topological polar surface area (TPSA) is 88.2 Å². The Labute approximate surface area is 183 Å². The minimum absolute atomic E-state index is 0.135. The number of carbonyl (C=O) groups is 1. The molecule has 7 nitrogen and oxygen atoms in total. The molecule has 4 N–H and O–H groups in total. The highest BCUT2D eigenvalue weighted by atomic mass is 19.4. The van der Waals surface area contributed by atoms with E-state index in [0.717, 1.165) is 28.0 Å². The Balaban J connectivity index is 1.37. The summed E-state index contributed by atoms with van der Waals surface area (Å²) in [4.78, 5) is 12.8. The molecule has 3 aromatic rings. The normalized spacial score (nSPS) is 15.2. The first-order valence-electron chi connectivity index (χ1n) is 10.5. The Kier molecular flexibility index (Phi) is 6.11. The van der Waals surface area contributed by atoms with Gasteiger partial charge in [0.15, 0.2) is 0 Å². The predicted octanol–water partition coefficient (Wildman–Crippen LogP) is 4.23. The van der Waals surface area contributed by atoms with Crippen molar-refractivity contribution in [3.8, 4) is 0 Å². The summed E-state index contributed by atoms with van der Waals surface area (Å²) in [7, 11) is 0. The summed E-state index contributed by atoms with van der Waals surface area (Å²) in [6, 6.07) is 13.0. The first kappa shape index (κ1) is 21.8. The van der Waals surface area contributed by atoms with Gasteiger partial charge in [0, 0.05) is 42.1 Å². The lowest BCUT2D eigenvalue weighted by Gasteiger charge is -2.34. The van der Waals surface area contributed by atoms with Gasteiger partial charge < -0.3 is 21.3 Å². The van der Waals surface area contributed by atoms with E-state index in [1.807, 2.05) is 47.4 Å². The van der Waals surface area contributed by atoms with E-state index in [9.17, 15) is 18.0 Å². The molecule has 0 atom stereocenters. The smallest absolute Gasteiger partial charge is 0.372 e. The summed E-state index contributed by atoms with van der Waals surface area (Å²) in [5.41, 5.74) is 8.73. The molecule has 2 amide bonds. The molecule has 2 aromatic carbocycles. The number of halogens is 3. The number of benzene rings is 2. The highest BCUT2D eigenvalue weighted by Crippen LogP contribution is 2.35. The summed E-state index contributed by atoms with van der Waals surface area (Å²) >= 11 is 0. The largest absolute Gasteiger partial charge is 0.391 e. The number of hydrogen-bond acceptors (Lipinski definition) is 4. The van der Waals surface area contributed by atoms with Gasteiger partial charge in [0.25, 0.3) is 0 Å². The molecule has 4 rings (SSSR count). The molecule has 1 fully saturated rings. The molecule has 0 unspecified atom stereocenters. The van der Waals surface area contributed by atoms with Gasteiger partial charge >= 0.3 is 12.2 Å². The van der Waals surface area contributed by atoms with E-state index in [1.165, 1.54) is 0 Å². The molecule has 0 aliphatic carbocycles. The Morgan fingerprint density at radius 3 is 2.44 bits per heavy atom. The van der Waals surface area contributed by atoms with Crippen molar-refractivity contribution >= 4 is 34.0 Å². The fraction of sp³-hybridized carbons (Fsp3) is 0.364. The monoisotopic (exact) mass is 446 g/mol. The van der Waals surface area contributed by atoms with Crippen molar-refractivity contribution in [3.63, 3.8) is 0 Å². The van der Waals surface area contributed by atoms with Crippen LogP contribution in [0.25, 0.3) is 10.9 Å². The van der Waals surface area contributed by atoms with Gasteiger partial charge in [-0.25, -0.2) is 4.79 Å². The Bertz CT molecular complexity index is 1070. The van der Waals surface area contributed by atoms with E-state index >= 15 is 0 Å². The van der Waals surface area contributed by atoms with Crippen LogP contribution in [0.15, 0.2) is 48.7 Å². The van der Waals surface area contributed by atoms with Gasteiger partial charge in [0.05, 0.1) is 24.2 Å². The molecule has 1 aliphatic heterocycles. The zero-order valence-electron chi connectivity index (χ0n) is 17.4. The summed E-state index contributed by atoms with van der Waals surface area (Å²) in [6.45, 7) is 1.73. The molecule has 170 valence electrons. The number of nitrogens with two attached hydrogens (primary N) is 1. The van der Waals surface area contributed by atoms with Crippen molar-refractivity contribution in [2.75, 3.05) is 29.9 Å². The minimum atomic E-state index is -4.10. The van der Waals surface area contributed by atoms with E-state index < -0.39 is 18.1 Å². The van der Waals surface area contributed by atoms with Gasteiger partial charge in [0.1, 0.15) is 0 Å². The third-order valence-electron chi connectivity index (χ3n) is 5.74. The number of hydrogen-bond donors (Lipinski definition) is 3. The van der Waals surface area contributed by atoms with Crippen LogP contribution in [0.3, 0.4) is 0 Å². The molecular weight excluding hydrogens is 421 g/mol. The summed E-state index contributed by atoms with van der Waals surface area (Å²) in [5.74, 6) is -1.20. The molecule has 0 radical (unpaired) electrons. The Morgan fingerprint density at radius 1 is 1.09 bits per heavy atom. The van der Waals surface area contributed by atoms with Crippen molar-refractivity contribution in [2.45, 2.75) is 25.6 Å². The molecule has 1 aromatic heterocycles. The lowest BCUT2D eigenvalue weighted by Crippen LogP contribution is -2.38. The zero-order valence-corrected chi connectivity index (χ0v) is 17.4. The second-order valence-corrected chi connectivity index (χ2v) is 7.91. The number of urea groups is 1. The van der Waals surface area contributed by atoms with Crippen LogP contribution >= 0.6 is 0 Å². The zero-order chi connectivity index (χ0) is 22.7. The van der Waals surface area contributed by atoms with Crippen molar-refractivity contribution in [1.29, 1.82) is 0 Å². The number of alkyl halides is 3. The van der Waals surface area contributed by atoms with Gasteiger partial charge in [-0.2, -0.15) is 18.3 Å². The van der Waals surface area contributed by atoms with E-state index in [1.54, 1.807) is 10.9 Å². The number of nitrogens with one attached hydrogen (secondary N) is 2. The van der Waals surface area contributed by atoms with E-state index in [0.29, 0.717) is 26.2 Å². The second kappa shape index (κ2) is 8.97. The van der Waals surface area contributed by atoms with Crippen LogP contribution in [0.2, 0.25) is 0 Å². The van der Waals surface area contributed by atoms with Crippen LogP contribution < -0.4 is 21.3 Å². The maximum Gasteiger partial charge on any atom is 0.391 e. The molecular formula is C22H25F3N6O. The predicted molar refractivity (Wildman–Crippen MR) is 118 cm³/mol. The fourth-order valence-corrected chi connectivity index (χ4v) is 4.02. The number of fused-ring (bicyclic) bond motifs is 1. The molecule has 0 spiro atoms. The van der Waals surface area contributed by atoms with Crippen LogP contribution in [0.4, 0.5) is 35.0 Å². The molecule has 0 saturated carbocycles. The van der Waals surface area contributed by atoms with Gasteiger partial charge in [-0.1, -0.05) is 0 Å². The number of amides is 2. The van der Waals surface area contributed by atoms with E-state index in [2.05, 4.69) is 15.7 Å². The van der Waals surface area contributed by atoms with Crippen LogP contribution in [-0.4, -0.2) is 41.6 Å². The van der Waals surface area contributed by atoms with E-state index in [4.69, 9.17) is 5.73 Å². The van der Waals surface area contributed by atoms with Crippen molar-refractivity contribution in [1.82, 2.24) is 15.1 Å². The molecule has 32 heavy (non-hydrogen) atoms. The number of anilines is 3. The fourth-order valence-electron chi connectivity index (χ4n) is 4.02. The number of carbonyl (C=O) groups excluding carboxylic acids is 1.